The van der Waals surface area contributed by atoms with Gasteiger partial charge in [-0.05, 0) is 84.8 Å². The molecule has 2 rings (SSSR count). The van der Waals surface area contributed by atoms with E-state index in [2.05, 4.69) is 71.2 Å². The van der Waals surface area contributed by atoms with Crippen molar-refractivity contribution < 1.29 is 0 Å². The Morgan fingerprint density at radius 2 is 1.79 bits per heavy atom. The maximum atomic E-state index is 4.71. The second-order valence-electron chi connectivity index (χ2n) is 8.42. The van der Waals surface area contributed by atoms with Gasteiger partial charge < -0.3 is 0 Å². The zero-order chi connectivity index (χ0) is 21.4. The third kappa shape index (κ3) is 6.85. The summed E-state index contributed by atoms with van der Waals surface area (Å²) in [7, 11) is 0. The summed E-state index contributed by atoms with van der Waals surface area (Å²) in [6, 6.07) is 7.17. The van der Waals surface area contributed by atoms with E-state index < -0.39 is 0 Å². The molecule has 0 aromatic heterocycles. The van der Waals surface area contributed by atoms with Gasteiger partial charge in [-0.3, -0.25) is 4.99 Å². The topological polar surface area (TPSA) is 12.4 Å². The van der Waals surface area contributed by atoms with Gasteiger partial charge in [0.15, 0.2) is 0 Å². The smallest absolute Gasteiger partial charge is 0.0616 e. The molecule has 0 N–H and O–H groups in total. The summed E-state index contributed by atoms with van der Waals surface area (Å²) in [5, 5.41) is 0. The lowest BCUT2D eigenvalue weighted by Crippen LogP contribution is -2.04. The van der Waals surface area contributed by atoms with Gasteiger partial charge in [0.05, 0.1) is 5.70 Å². The van der Waals surface area contributed by atoms with Gasteiger partial charge in [0.2, 0.25) is 0 Å². The summed E-state index contributed by atoms with van der Waals surface area (Å²) >= 11 is 0. The van der Waals surface area contributed by atoms with Crippen LogP contribution in [0.4, 0.5) is 0 Å². The van der Waals surface area contributed by atoms with E-state index in [4.69, 9.17) is 4.99 Å². The van der Waals surface area contributed by atoms with Crippen LogP contribution in [0.15, 0.2) is 83.1 Å². The fourth-order valence-electron chi connectivity index (χ4n) is 3.62. The van der Waals surface area contributed by atoms with Crippen molar-refractivity contribution in [2.45, 2.75) is 66.2 Å². The molecule has 1 aliphatic carbocycles. The largest absolute Gasteiger partial charge is 0.256 e. The Hall–Kier alpha value is -2.41. The zero-order valence-electron chi connectivity index (χ0n) is 19.0. The first kappa shape index (κ1) is 22.9. The Morgan fingerprint density at radius 1 is 1.10 bits per heavy atom. The molecule has 0 fully saturated rings. The molecule has 0 spiro atoms. The van der Waals surface area contributed by atoms with Crippen LogP contribution in [0.5, 0.6) is 0 Å². The minimum Gasteiger partial charge on any atom is -0.256 e. The molecule has 0 radical (unpaired) electrons. The first-order valence-corrected chi connectivity index (χ1v) is 10.9. The lowest BCUT2D eigenvalue weighted by atomic mass is 9.89. The number of rotatable bonds is 8. The normalized spacial score (nSPS) is 17.5. The van der Waals surface area contributed by atoms with E-state index >= 15 is 0 Å². The van der Waals surface area contributed by atoms with Gasteiger partial charge in [0.1, 0.15) is 0 Å². The molecule has 1 aliphatic rings. The van der Waals surface area contributed by atoms with E-state index in [1.165, 1.54) is 22.3 Å². The first-order chi connectivity index (χ1) is 13.8. The fraction of sp³-hybridized carbons (Fsp3) is 0.393. The third-order valence-corrected chi connectivity index (χ3v) is 5.62. The summed E-state index contributed by atoms with van der Waals surface area (Å²) in [5.41, 5.74) is 8.45. The summed E-state index contributed by atoms with van der Waals surface area (Å²) < 4.78 is 0. The van der Waals surface area contributed by atoms with Crippen LogP contribution >= 0.6 is 0 Å². The number of nitrogens with zero attached hydrogens (tertiary/aromatic N) is 1. The minimum absolute atomic E-state index is 0.572. The molecule has 0 heterocycles. The zero-order valence-corrected chi connectivity index (χ0v) is 19.0. The van der Waals surface area contributed by atoms with E-state index in [-0.39, 0.29) is 0 Å². The van der Waals surface area contributed by atoms with Gasteiger partial charge >= 0.3 is 0 Å². The maximum Gasteiger partial charge on any atom is 0.0616 e. The quantitative estimate of drug-likeness (QED) is 0.317. The molecule has 1 heteroatoms. The van der Waals surface area contributed by atoms with Crippen molar-refractivity contribution in [1.29, 1.82) is 0 Å². The lowest BCUT2D eigenvalue weighted by molar-refractivity contribution is 0.540. The van der Waals surface area contributed by atoms with Gasteiger partial charge in [0, 0.05) is 6.21 Å². The van der Waals surface area contributed by atoms with Gasteiger partial charge in [-0.2, -0.15) is 0 Å². The second kappa shape index (κ2) is 11.0. The van der Waals surface area contributed by atoms with Crippen LogP contribution in [-0.2, 0) is 12.8 Å². The van der Waals surface area contributed by atoms with Crippen LogP contribution in [0.3, 0.4) is 0 Å². The molecule has 0 aliphatic heterocycles. The van der Waals surface area contributed by atoms with Crippen molar-refractivity contribution in [1.82, 2.24) is 0 Å². The van der Waals surface area contributed by atoms with Crippen molar-refractivity contribution in [3.63, 3.8) is 0 Å². The molecule has 1 nitrogen and oxygen atoms in total. The number of aliphatic imine (C=N–C) groups is 1. The minimum atomic E-state index is 0.572. The van der Waals surface area contributed by atoms with Crippen LogP contribution in [-0.4, -0.2) is 6.21 Å². The van der Waals surface area contributed by atoms with Crippen LogP contribution in [0.25, 0.3) is 0 Å². The number of hydrogen-bond donors (Lipinski definition) is 0. The van der Waals surface area contributed by atoms with E-state index in [0.717, 1.165) is 42.5 Å². The highest BCUT2D eigenvalue weighted by Gasteiger charge is 2.14. The van der Waals surface area contributed by atoms with Gasteiger partial charge in [-0.1, -0.05) is 76.4 Å². The number of hydrogen-bond acceptors (Lipinski definition) is 1. The highest BCUT2D eigenvalue weighted by Crippen LogP contribution is 2.28. The van der Waals surface area contributed by atoms with Gasteiger partial charge in [-0.25, -0.2) is 0 Å². The number of allylic oxidation sites excluding steroid dienone is 7. The summed E-state index contributed by atoms with van der Waals surface area (Å²) in [6.07, 6.45) is 14.8. The highest BCUT2D eigenvalue weighted by molar-refractivity contribution is 5.85. The molecular weight excluding hydrogens is 350 g/mol. The first-order valence-electron chi connectivity index (χ1n) is 10.9. The Morgan fingerprint density at radius 3 is 2.45 bits per heavy atom. The van der Waals surface area contributed by atoms with Crippen molar-refractivity contribution in [2.24, 2.45) is 10.9 Å². The van der Waals surface area contributed by atoms with Crippen LogP contribution in [0, 0.1) is 5.92 Å². The number of benzene rings is 1. The third-order valence-electron chi connectivity index (χ3n) is 5.62. The number of aryl methyl sites for hydroxylation is 1. The second-order valence-corrected chi connectivity index (χ2v) is 8.42. The SMILES string of the molecule is C=C(/C=N\C1=CCC(Cc2cc(CC)cc(C(C)C)c2)CC=C1C)C(=C)/C=C/C. The standard InChI is InChI=1S/C28H37N/c1-8-10-21(5)23(7)19-29-28-14-13-25(12-11-22(28)6)16-26-15-24(9-2)17-27(18-26)20(3)4/h8,10-11,14-15,17-20,25H,5,7,9,12-13,16H2,1-4,6H3/b10-8+,29-19-. The molecule has 1 aromatic rings. The molecule has 1 atom stereocenters. The van der Waals surface area contributed by atoms with Crippen molar-refractivity contribution in [3.05, 3.63) is 94.8 Å². The van der Waals surface area contributed by atoms with Crippen molar-refractivity contribution in [3.8, 4) is 0 Å². The van der Waals surface area contributed by atoms with Gasteiger partial charge in [-0.15, -0.1) is 0 Å². The van der Waals surface area contributed by atoms with E-state index in [1.54, 1.807) is 0 Å². The molecule has 0 amide bonds. The molecule has 154 valence electrons. The average Bonchev–Trinajstić information content (AvgIpc) is 2.87. The Labute approximate surface area is 178 Å². The van der Waals surface area contributed by atoms with Crippen molar-refractivity contribution >= 4 is 6.21 Å². The molecule has 1 unspecified atom stereocenters. The van der Waals surface area contributed by atoms with E-state index in [1.807, 2.05) is 25.3 Å². The Kier molecular flexibility index (Phi) is 8.64. The average molecular weight is 388 g/mol. The monoisotopic (exact) mass is 387 g/mol. The molecule has 29 heavy (non-hydrogen) atoms. The summed E-state index contributed by atoms with van der Waals surface area (Å²) in [6.45, 7) is 19.0. The lowest BCUT2D eigenvalue weighted by Gasteiger charge is -2.16. The maximum absolute atomic E-state index is 4.71. The predicted molar refractivity (Wildman–Crippen MR) is 130 cm³/mol. The van der Waals surface area contributed by atoms with Gasteiger partial charge in [0.25, 0.3) is 0 Å². The summed E-state index contributed by atoms with van der Waals surface area (Å²) in [4.78, 5) is 4.71. The Bertz CT molecular complexity index is 858. The fourth-order valence-corrected chi connectivity index (χ4v) is 3.62. The molecule has 0 saturated carbocycles. The van der Waals surface area contributed by atoms with Crippen molar-refractivity contribution in [2.75, 3.05) is 0 Å². The van der Waals surface area contributed by atoms with Crippen LogP contribution < -0.4 is 0 Å². The van der Waals surface area contributed by atoms with Crippen LogP contribution in [0.1, 0.15) is 70.1 Å². The molecule has 0 saturated heterocycles. The van der Waals surface area contributed by atoms with Crippen LogP contribution in [0.2, 0.25) is 0 Å². The summed E-state index contributed by atoms with van der Waals surface area (Å²) in [5.74, 6) is 1.19. The molecule has 1 aromatic carbocycles. The molecule has 0 bridgehead atoms. The predicted octanol–water partition coefficient (Wildman–Crippen LogP) is 7.91. The molecular formula is C28H37N. The highest BCUT2D eigenvalue weighted by atomic mass is 14.7. The van der Waals surface area contributed by atoms with E-state index in [0.29, 0.717) is 11.8 Å². The van der Waals surface area contributed by atoms with E-state index in [9.17, 15) is 0 Å². The Balaban J connectivity index is 2.13.